The van der Waals surface area contributed by atoms with Gasteiger partial charge in [0, 0.05) is 52.9 Å². The lowest BCUT2D eigenvalue weighted by atomic mass is 9.90. The maximum Gasteiger partial charge on any atom is 0.324 e. The van der Waals surface area contributed by atoms with Crippen molar-refractivity contribution < 1.29 is 9.59 Å². The Hall–Kier alpha value is -5.51. The number of aryl methyl sites for hydroxylation is 3. The number of rotatable bonds is 9. The first kappa shape index (κ1) is 35.3. The lowest BCUT2D eigenvalue weighted by Crippen LogP contribution is -2.38. The monoisotopic (exact) mass is 684 g/mol. The lowest BCUT2D eigenvalue weighted by Gasteiger charge is -2.32. The summed E-state index contributed by atoms with van der Waals surface area (Å²) >= 11 is 0. The molecule has 1 aliphatic rings. The molecule has 0 spiro atoms. The van der Waals surface area contributed by atoms with Crippen LogP contribution in [0.15, 0.2) is 84.9 Å². The maximum atomic E-state index is 13.3. The number of likely N-dealkylation sites (tertiary alicyclic amines) is 1. The van der Waals surface area contributed by atoms with Crippen molar-refractivity contribution in [2.24, 2.45) is 5.92 Å². The van der Waals surface area contributed by atoms with Crippen LogP contribution in [0, 0.1) is 26.7 Å². The Balaban J connectivity index is 0.974. The van der Waals surface area contributed by atoms with Crippen LogP contribution in [-0.4, -0.2) is 49.7 Å². The van der Waals surface area contributed by atoms with E-state index in [2.05, 4.69) is 58.8 Å². The SMILES string of the molecule is Cc1ccc(-n2nc(C(C)(C)C)cc2NC(=O)Nc2ccc(CC3CCN(C(=O)c4ccc(NCc5nc(C)cc(C)n5)cc4)CC3)cc2)cc1. The molecule has 0 saturated carbocycles. The Bertz CT molecular complexity index is 1950. The van der Waals surface area contributed by atoms with Crippen LogP contribution in [0.2, 0.25) is 0 Å². The number of hydrogen-bond donors (Lipinski definition) is 3. The van der Waals surface area contributed by atoms with E-state index in [-0.39, 0.29) is 17.4 Å². The Labute approximate surface area is 300 Å². The molecule has 0 atom stereocenters. The molecule has 51 heavy (non-hydrogen) atoms. The number of piperidine rings is 1. The van der Waals surface area contributed by atoms with Gasteiger partial charge in [-0.2, -0.15) is 5.10 Å². The molecular formula is C41H48N8O2. The molecule has 6 rings (SSSR count). The zero-order valence-corrected chi connectivity index (χ0v) is 30.5. The zero-order chi connectivity index (χ0) is 36.1. The van der Waals surface area contributed by atoms with Crippen LogP contribution in [0.3, 0.4) is 0 Å². The van der Waals surface area contributed by atoms with Gasteiger partial charge < -0.3 is 15.5 Å². The Morgan fingerprint density at radius 2 is 1.41 bits per heavy atom. The number of carbonyl (C=O) groups is 2. The summed E-state index contributed by atoms with van der Waals surface area (Å²) in [5, 5.41) is 14.1. The first-order valence-corrected chi connectivity index (χ1v) is 17.7. The highest BCUT2D eigenvalue weighted by molar-refractivity contribution is 5.99. The van der Waals surface area contributed by atoms with Crippen molar-refractivity contribution in [1.82, 2.24) is 24.6 Å². The zero-order valence-electron chi connectivity index (χ0n) is 30.5. The van der Waals surface area contributed by atoms with Crippen LogP contribution in [0.1, 0.15) is 78.0 Å². The van der Waals surface area contributed by atoms with Crippen LogP contribution in [0.5, 0.6) is 0 Å². The first-order chi connectivity index (χ1) is 24.4. The molecule has 0 unspecified atom stereocenters. The molecule has 1 aliphatic heterocycles. The van der Waals surface area contributed by atoms with E-state index in [1.807, 2.05) is 98.5 Å². The molecule has 0 aliphatic carbocycles. The normalized spacial score (nSPS) is 13.6. The molecule has 0 radical (unpaired) electrons. The van der Waals surface area contributed by atoms with E-state index in [0.29, 0.717) is 29.5 Å². The van der Waals surface area contributed by atoms with Crippen molar-refractivity contribution >= 4 is 29.1 Å². The fraction of sp³-hybridized carbons (Fsp3) is 0.341. The van der Waals surface area contributed by atoms with Crippen LogP contribution in [0.25, 0.3) is 5.69 Å². The summed E-state index contributed by atoms with van der Waals surface area (Å²) in [7, 11) is 0. The highest BCUT2D eigenvalue weighted by Crippen LogP contribution is 2.27. The van der Waals surface area contributed by atoms with E-state index in [9.17, 15) is 9.59 Å². The lowest BCUT2D eigenvalue weighted by molar-refractivity contribution is 0.0690. The standard InChI is InChI=1S/C41H48N8O2/c1-27-7-17-35(18-8-27)49-38(25-36(47-49)41(4,5)6)46-40(51)45-34-13-9-30(10-14-34)24-31-19-21-48(22-20-31)39(50)32-11-15-33(16-12-32)42-26-37-43-28(2)23-29(3)44-37/h7-18,23,25,31,42H,19-22,24,26H2,1-6H3,(H2,45,46,51). The van der Waals surface area contributed by atoms with Crippen LogP contribution in [-0.2, 0) is 18.4 Å². The van der Waals surface area contributed by atoms with E-state index in [1.54, 1.807) is 4.68 Å². The smallest absolute Gasteiger partial charge is 0.324 e. The van der Waals surface area contributed by atoms with Crippen molar-refractivity contribution in [3.63, 3.8) is 0 Å². The van der Waals surface area contributed by atoms with E-state index in [4.69, 9.17) is 5.10 Å². The van der Waals surface area contributed by atoms with Gasteiger partial charge in [-0.25, -0.2) is 19.4 Å². The molecule has 1 fully saturated rings. The number of nitrogens with zero attached hydrogens (tertiary/aromatic N) is 5. The number of urea groups is 1. The highest BCUT2D eigenvalue weighted by atomic mass is 16.2. The molecule has 3 heterocycles. The number of nitrogens with one attached hydrogen (secondary N) is 3. The highest BCUT2D eigenvalue weighted by Gasteiger charge is 2.24. The first-order valence-electron chi connectivity index (χ1n) is 17.7. The van der Waals surface area contributed by atoms with Crippen LogP contribution in [0.4, 0.5) is 22.0 Å². The van der Waals surface area contributed by atoms with Gasteiger partial charge in [0.1, 0.15) is 11.6 Å². The third-order valence-electron chi connectivity index (χ3n) is 9.25. The predicted molar refractivity (Wildman–Crippen MR) is 204 cm³/mol. The summed E-state index contributed by atoms with van der Waals surface area (Å²) < 4.78 is 1.78. The van der Waals surface area contributed by atoms with Crippen molar-refractivity contribution in [2.45, 2.75) is 72.8 Å². The number of hydrogen-bond acceptors (Lipinski definition) is 6. The molecule has 1 saturated heterocycles. The van der Waals surface area contributed by atoms with Gasteiger partial charge in [0.15, 0.2) is 0 Å². The van der Waals surface area contributed by atoms with E-state index >= 15 is 0 Å². The van der Waals surface area contributed by atoms with Gasteiger partial charge in [-0.15, -0.1) is 0 Å². The average molecular weight is 685 g/mol. The minimum absolute atomic E-state index is 0.0721. The Kier molecular flexibility index (Phi) is 10.5. The summed E-state index contributed by atoms with van der Waals surface area (Å²) in [6, 6.07) is 27.3. The summed E-state index contributed by atoms with van der Waals surface area (Å²) in [6.45, 7) is 14.3. The van der Waals surface area contributed by atoms with Gasteiger partial charge in [0.05, 0.1) is 17.9 Å². The molecule has 10 nitrogen and oxygen atoms in total. The molecule has 2 aromatic heterocycles. The van der Waals surface area contributed by atoms with Gasteiger partial charge in [-0.05, 0) is 106 Å². The molecular weight excluding hydrogens is 637 g/mol. The van der Waals surface area contributed by atoms with Gasteiger partial charge in [-0.3, -0.25) is 10.1 Å². The molecule has 3 aromatic carbocycles. The van der Waals surface area contributed by atoms with Crippen molar-refractivity contribution in [2.75, 3.05) is 29.0 Å². The maximum absolute atomic E-state index is 13.3. The second-order valence-electron chi connectivity index (χ2n) is 14.6. The van der Waals surface area contributed by atoms with Crippen molar-refractivity contribution in [1.29, 1.82) is 0 Å². The molecule has 10 heteroatoms. The number of aromatic nitrogens is 4. The fourth-order valence-electron chi connectivity index (χ4n) is 6.37. The van der Waals surface area contributed by atoms with Crippen LogP contribution < -0.4 is 16.0 Å². The average Bonchev–Trinajstić information content (AvgIpc) is 3.53. The summed E-state index contributed by atoms with van der Waals surface area (Å²) in [5.74, 6) is 1.92. The van der Waals surface area contributed by atoms with Crippen LogP contribution >= 0.6 is 0 Å². The Morgan fingerprint density at radius 1 is 0.784 bits per heavy atom. The second kappa shape index (κ2) is 15.2. The minimum Gasteiger partial charge on any atom is -0.378 e. The minimum atomic E-state index is -0.327. The van der Waals surface area contributed by atoms with Gasteiger partial charge >= 0.3 is 6.03 Å². The Morgan fingerprint density at radius 3 is 2.04 bits per heavy atom. The third kappa shape index (κ3) is 9.19. The van der Waals surface area contributed by atoms with Gasteiger partial charge in [-0.1, -0.05) is 50.6 Å². The second-order valence-corrected chi connectivity index (χ2v) is 14.6. The largest absolute Gasteiger partial charge is 0.378 e. The molecule has 3 N–H and O–H groups in total. The topological polar surface area (TPSA) is 117 Å². The number of amides is 3. The molecule has 5 aromatic rings. The van der Waals surface area contributed by atoms with Gasteiger partial charge in [0.2, 0.25) is 0 Å². The fourth-order valence-corrected chi connectivity index (χ4v) is 6.37. The molecule has 0 bridgehead atoms. The summed E-state index contributed by atoms with van der Waals surface area (Å²) in [6.07, 6.45) is 2.84. The number of carbonyl (C=O) groups excluding carboxylic acids is 2. The molecule has 264 valence electrons. The predicted octanol–water partition coefficient (Wildman–Crippen LogP) is 8.24. The van der Waals surface area contributed by atoms with Gasteiger partial charge in [0.25, 0.3) is 5.91 Å². The summed E-state index contributed by atoms with van der Waals surface area (Å²) in [5.41, 5.74) is 8.21. The van der Waals surface area contributed by atoms with Crippen molar-refractivity contribution in [3.05, 3.63) is 125 Å². The quantitative estimate of drug-likeness (QED) is 0.144. The third-order valence-corrected chi connectivity index (χ3v) is 9.25. The number of benzene rings is 3. The van der Waals surface area contributed by atoms with E-state index in [0.717, 1.165) is 72.2 Å². The number of anilines is 3. The van der Waals surface area contributed by atoms with E-state index in [1.165, 1.54) is 5.56 Å². The van der Waals surface area contributed by atoms with Crippen molar-refractivity contribution in [3.8, 4) is 5.69 Å². The molecule has 3 amide bonds. The van der Waals surface area contributed by atoms with E-state index < -0.39 is 0 Å². The summed E-state index contributed by atoms with van der Waals surface area (Å²) in [4.78, 5) is 37.3.